The quantitative estimate of drug-likeness (QED) is 0.654. The molecule has 0 fully saturated rings. The summed E-state index contributed by atoms with van der Waals surface area (Å²) in [4.78, 5) is 28.4. The number of rotatable bonds is 6. The molecule has 1 aromatic heterocycles. The number of carbonyl (C=O) groups excluding carboxylic acids is 2. The lowest BCUT2D eigenvalue weighted by Gasteiger charge is -2.06. The van der Waals surface area contributed by atoms with Gasteiger partial charge in [-0.2, -0.15) is 0 Å². The topological polar surface area (TPSA) is 59.1 Å². The minimum Gasteiger partial charge on any atom is -0.326 e. The second kappa shape index (κ2) is 7.85. The first-order valence-electron chi connectivity index (χ1n) is 8.01. The number of carbonyl (C=O) groups is 2. The fourth-order valence-electron chi connectivity index (χ4n) is 2.40. The molecule has 0 aliphatic rings. The lowest BCUT2D eigenvalue weighted by atomic mass is 10.0. The van der Waals surface area contributed by atoms with E-state index in [0.717, 1.165) is 16.1 Å². The third-order valence-corrected chi connectivity index (χ3v) is 4.62. The van der Waals surface area contributed by atoms with Gasteiger partial charge in [0.25, 0.3) is 0 Å². The molecule has 5 heteroatoms. The maximum atomic E-state index is 12.1. The van der Waals surface area contributed by atoms with Crippen molar-refractivity contribution in [2.45, 2.75) is 19.8 Å². The summed E-state index contributed by atoms with van der Waals surface area (Å²) in [5, 5.41) is 5.69. The SMILES string of the molecule is Cc1ccc(C(=O)CCC(=O)Nc2ccc(-c3nccs3)cc2)cc1. The number of anilines is 1. The molecule has 0 aliphatic heterocycles. The van der Waals surface area contributed by atoms with Crippen LogP contribution in [0.15, 0.2) is 60.1 Å². The number of aryl methyl sites for hydroxylation is 1. The van der Waals surface area contributed by atoms with E-state index >= 15 is 0 Å². The largest absolute Gasteiger partial charge is 0.326 e. The monoisotopic (exact) mass is 350 g/mol. The lowest BCUT2D eigenvalue weighted by Crippen LogP contribution is -2.13. The maximum absolute atomic E-state index is 12.1. The maximum Gasteiger partial charge on any atom is 0.224 e. The van der Waals surface area contributed by atoms with Gasteiger partial charge in [0, 0.05) is 41.2 Å². The van der Waals surface area contributed by atoms with E-state index in [1.54, 1.807) is 29.7 Å². The number of hydrogen-bond acceptors (Lipinski definition) is 4. The molecule has 1 amide bonds. The van der Waals surface area contributed by atoms with E-state index in [2.05, 4.69) is 10.3 Å². The van der Waals surface area contributed by atoms with Crippen LogP contribution >= 0.6 is 11.3 Å². The average molecular weight is 350 g/mol. The second-order valence-electron chi connectivity index (χ2n) is 5.75. The van der Waals surface area contributed by atoms with Gasteiger partial charge in [-0.25, -0.2) is 4.98 Å². The summed E-state index contributed by atoms with van der Waals surface area (Å²) in [6.45, 7) is 1.97. The molecule has 0 radical (unpaired) electrons. The summed E-state index contributed by atoms with van der Waals surface area (Å²) in [6, 6.07) is 14.9. The van der Waals surface area contributed by atoms with Gasteiger partial charge >= 0.3 is 0 Å². The molecular formula is C20H18N2O2S. The van der Waals surface area contributed by atoms with Crippen molar-refractivity contribution in [2.24, 2.45) is 0 Å². The molecule has 1 N–H and O–H groups in total. The molecule has 4 nitrogen and oxygen atoms in total. The van der Waals surface area contributed by atoms with Gasteiger partial charge in [-0.05, 0) is 31.2 Å². The summed E-state index contributed by atoms with van der Waals surface area (Å²) in [7, 11) is 0. The van der Waals surface area contributed by atoms with E-state index in [-0.39, 0.29) is 24.5 Å². The Hall–Kier alpha value is -2.79. The predicted octanol–water partition coefficient (Wildman–Crippen LogP) is 4.72. The average Bonchev–Trinajstić information content (AvgIpc) is 3.15. The molecule has 25 heavy (non-hydrogen) atoms. The standard InChI is InChI=1S/C20H18N2O2S/c1-14-2-4-15(5-3-14)18(23)10-11-19(24)22-17-8-6-16(7-9-17)20-21-12-13-25-20/h2-9,12-13H,10-11H2,1H3,(H,22,24). The molecule has 0 unspecified atom stereocenters. The molecule has 2 aromatic carbocycles. The first-order chi connectivity index (χ1) is 12.1. The Morgan fingerprint density at radius 1 is 1.00 bits per heavy atom. The van der Waals surface area contributed by atoms with Gasteiger partial charge in [0.15, 0.2) is 5.78 Å². The Morgan fingerprint density at radius 3 is 2.36 bits per heavy atom. The van der Waals surface area contributed by atoms with Crippen molar-refractivity contribution in [1.29, 1.82) is 0 Å². The highest BCUT2D eigenvalue weighted by Gasteiger charge is 2.10. The number of nitrogens with one attached hydrogen (secondary N) is 1. The Bertz CT molecular complexity index is 854. The number of amides is 1. The van der Waals surface area contributed by atoms with Gasteiger partial charge in [-0.3, -0.25) is 9.59 Å². The summed E-state index contributed by atoms with van der Waals surface area (Å²) < 4.78 is 0. The highest BCUT2D eigenvalue weighted by Crippen LogP contribution is 2.23. The van der Waals surface area contributed by atoms with Crippen LogP contribution in [0.25, 0.3) is 10.6 Å². The van der Waals surface area contributed by atoms with E-state index in [9.17, 15) is 9.59 Å². The molecule has 0 bridgehead atoms. The number of Topliss-reactive ketones (excluding diaryl/α,β-unsaturated/α-hetero) is 1. The van der Waals surface area contributed by atoms with E-state index in [4.69, 9.17) is 0 Å². The zero-order valence-corrected chi connectivity index (χ0v) is 14.7. The summed E-state index contributed by atoms with van der Waals surface area (Å²) in [5.74, 6) is -0.184. The Labute approximate surface area is 150 Å². The van der Waals surface area contributed by atoms with E-state index in [1.807, 2.05) is 48.7 Å². The van der Waals surface area contributed by atoms with Crippen molar-refractivity contribution >= 4 is 28.7 Å². The van der Waals surface area contributed by atoms with Crippen molar-refractivity contribution < 1.29 is 9.59 Å². The minimum atomic E-state index is -0.164. The van der Waals surface area contributed by atoms with Crippen molar-refractivity contribution in [3.05, 3.63) is 71.2 Å². The van der Waals surface area contributed by atoms with Crippen molar-refractivity contribution in [3.8, 4) is 10.6 Å². The molecule has 0 atom stereocenters. The van der Waals surface area contributed by atoms with Crippen molar-refractivity contribution in [1.82, 2.24) is 4.98 Å². The number of benzene rings is 2. The predicted molar refractivity (Wildman–Crippen MR) is 101 cm³/mol. The fourth-order valence-corrected chi connectivity index (χ4v) is 3.04. The van der Waals surface area contributed by atoms with Crippen LogP contribution in [-0.4, -0.2) is 16.7 Å². The number of thiazole rings is 1. The number of ketones is 1. The summed E-state index contributed by atoms with van der Waals surface area (Å²) in [6.07, 6.45) is 2.13. The highest BCUT2D eigenvalue weighted by atomic mass is 32.1. The van der Waals surface area contributed by atoms with Crippen LogP contribution in [0, 0.1) is 6.92 Å². The van der Waals surface area contributed by atoms with Crippen LogP contribution < -0.4 is 5.32 Å². The zero-order valence-electron chi connectivity index (χ0n) is 13.9. The van der Waals surface area contributed by atoms with Crippen LogP contribution in [0.3, 0.4) is 0 Å². The number of aromatic nitrogens is 1. The lowest BCUT2D eigenvalue weighted by molar-refractivity contribution is -0.116. The van der Waals surface area contributed by atoms with Gasteiger partial charge in [0.05, 0.1) is 0 Å². The number of hydrogen-bond donors (Lipinski definition) is 1. The van der Waals surface area contributed by atoms with Crippen LogP contribution in [0.4, 0.5) is 5.69 Å². The smallest absolute Gasteiger partial charge is 0.224 e. The van der Waals surface area contributed by atoms with Crippen LogP contribution in [0.5, 0.6) is 0 Å². The molecule has 0 saturated heterocycles. The molecule has 126 valence electrons. The third-order valence-electron chi connectivity index (χ3n) is 3.80. The Kier molecular flexibility index (Phi) is 5.36. The van der Waals surface area contributed by atoms with Gasteiger partial charge in [0.2, 0.25) is 5.91 Å². The molecular weight excluding hydrogens is 332 g/mol. The molecule has 3 aromatic rings. The highest BCUT2D eigenvalue weighted by molar-refractivity contribution is 7.13. The van der Waals surface area contributed by atoms with Crippen LogP contribution in [0.2, 0.25) is 0 Å². The van der Waals surface area contributed by atoms with Crippen LogP contribution in [-0.2, 0) is 4.79 Å². The van der Waals surface area contributed by atoms with Crippen LogP contribution in [0.1, 0.15) is 28.8 Å². The molecule has 0 aliphatic carbocycles. The van der Waals surface area contributed by atoms with Crippen molar-refractivity contribution in [3.63, 3.8) is 0 Å². The minimum absolute atomic E-state index is 0.0192. The molecule has 0 saturated carbocycles. The van der Waals surface area contributed by atoms with Gasteiger partial charge < -0.3 is 5.32 Å². The Balaban J connectivity index is 1.52. The number of nitrogens with zero attached hydrogens (tertiary/aromatic N) is 1. The summed E-state index contributed by atoms with van der Waals surface area (Å²) >= 11 is 1.57. The Morgan fingerprint density at radius 2 is 1.72 bits per heavy atom. The van der Waals surface area contributed by atoms with Gasteiger partial charge in [-0.15, -0.1) is 11.3 Å². The molecule has 3 rings (SSSR count). The van der Waals surface area contributed by atoms with Gasteiger partial charge in [0.1, 0.15) is 5.01 Å². The van der Waals surface area contributed by atoms with E-state index < -0.39 is 0 Å². The van der Waals surface area contributed by atoms with E-state index in [0.29, 0.717) is 11.3 Å². The first kappa shape index (κ1) is 17.0. The molecule has 1 heterocycles. The third kappa shape index (κ3) is 4.61. The van der Waals surface area contributed by atoms with E-state index in [1.165, 1.54) is 0 Å². The molecule has 0 spiro atoms. The second-order valence-corrected chi connectivity index (χ2v) is 6.65. The normalized spacial score (nSPS) is 10.4. The van der Waals surface area contributed by atoms with Gasteiger partial charge in [-0.1, -0.05) is 29.8 Å². The van der Waals surface area contributed by atoms with Crippen molar-refractivity contribution in [2.75, 3.05) is 5.32 Å². The zero-order chi connectivity index (χ0) is 17.6. The fraction of sp³-hybridized carbons (Fsp3) is 0.150. The first-order valence-corrected chi connectivity index (χ1v) is 8.89. The summed E-state index contributed by atoms with van der Waals surface area (Å²) in [5.41, 5.74) is 3.48.